The number of benzene rings is 3. The summed E-state index contributed by atoms with van der Waals surface area (Å²) in [6.07, 6.45) is 0.747. The van der Waals surface area contributed by atoms with Gasteiger partial charge in [-0.05, 0) is 36.2 Å². The lowest BCUT2D eigenvalue weighted by Gasteiger charge is -2.27. The number of hydrogen-bond donors (Lipinski definition) is 0. The van der Waals surface area contributed by atoms with Crippen molar-refractivity contribution in [2.75, 3.05) is 19.5 Å². The zero-order chi connectivity index (χ0) is 22.2. The van der Waals surface area contributed by atoms with E-state index < -0.39 is 0 Å². The molecule has 0 radical (unpaired) electrons. The number of hydrogen-bond acceptors (Lipinski definition) is 2. The van der Waals surface area contributed by atoms with E-state index in [0.717, 1.165) is 51.0 Å². The maximum atomic E-state index is 13.4. The zero-order valence-electron chi connectivity index (χ0n) is 18.2. The molecule has 0 N–H and O–H groups in total. The van der Waals surface area contributed by atoms with E-state index in [2.05, 4.69) is 54.1 Å². The highest BCUT2D eigenvalue weighted by Crippen LogP contribution is 2.46. The van der Waals surface area contributed by atoms with Gasteiger partial charge in [-0.25, -0.2) is 0 Å². The number of para-hydroxylation sites is 1. The van der Waals surface area contributed by atoms with Crippen LogP contribution >= 0.6 is 11.6 Å². The van der Waals surface area contributed by atoms with Crippen molar-refractivity contribution < 1.29 is 9.53 Å². The Balaban J connectivity index is 1.82. The van der Waals surface area contributed by atoms with Crippen molar-refractivity contribution in [1.82, 2.24) is 9.47 Å². The zero-order valence-corrected chi connectivity index (χ0v) is 19.0. The standard InChI is InChI=1S/C27H25ClN2O2/c1-29-23-14-6-5-13-22(23)24(25(29)18-9-7-10-19(17-18)32-2)26-20-11-3-4-12-21(20)27(31)30(26)16-8-15-28/h3-7,9-14,17,26H,8,15-16H2,1-2H3. The van der Waals surface area contributed by atoms with Crippen LogP contribution in [0.1, 0.15) is 33.9 Å². The first kappa shape index (κ1) is 20.7. The normalized spacial score (nSPS) is 15.4. The number of fused-ring (bicyclic) bond motifs is 2. The number of alkyl halides is 1. The topological polar surface area (TPSA) is 34.5 Å². The minimum absolute atomic E-state index is 0.0697. The van der Waals surface area contributed by atoms with E-state index in [1.807, 2.05) is 35.2 Å². The number of aryl methyl sites for hydroxylation is 1. The lowest BCUT2D eigenvalue weighted by atomic mass is 9.93. The average Bonchev–Trinajstić information content (AvgIpc) is 3.28. The maximum absolute atomic E-state index is 13.4. The molecule has 5 heteroatoms. The molecule has 32 heavy (non-hydrogen) atoms. The van der Waals surface area contributed by atoms with Crippen molar-refractivity contribution >= 4 is 28.4 Å². The molecule has 0 aliphatic carbocycles. The Morgan fingerprint density at radius 3 is 2.59 bits per heavy atom. The molecule has 0 spiro atoms. The number of methoxy groups -OCH3 is 1. The van der Waals surface area contributed by atoms with Gasteiger partial charge in [0.15, 0.2) is 0 Å². The van der Waals surface area contributed by atoms with Gasteiger partial charge >= 0.3 is 0 Å². The molecule has 4 aromatic rings. The summed E-state index contributed by atoms with van der Waals surface area (Å²) in [6, 6.07) is 24.3. The Labute approximate surface area is 193 Å². The van der Waals surface area contributed by atoms with Crippen LogP contribution in [0.3, 0.4) is 0 Å². The second kappa shape index (κ2) is 8.36. The van der Waals surface area contributed by atoms with Gasteiger partial charge in [0.05, 0.1) is 18.8 Å². The molecule has 3 aromatic carbocycles. The summed E-state index contributed by atoms with van der Waals surface area (Å²) in [5.41, 5.74) is 6.26. The number of amides is 1. The minimum atomic E-state index is -0.172. The molecule has 1 aliphatic rings. The fraction of sp³-hybridized carbons (Fsp3) is 0.222. The molecule has 1 amide bonds. The van der Waals surface area contributed by atoms with E-state index in [1.54, 1.807) is 7.11 Å². The summed E-state index contributed by atoms with van der Waals surface area (Å²) in [7, 11) is 3.77. The van der Waals surface area contributed by atoms with Gasteiger partial charge in [0.1, 0.15) is 5.75 Å². The number of halogens is 1. The Hall–Kier alpha value is -3.24. The van der Waals surface area contributed by atoms with Crippen LogP contribution in [0.5, 0.6) is 5.75 Å². The molecule has 0 saturated carbocycles. The molecule has 0 fully saturated rings. The number of nitrogens with zero attached hydrogens (tertiary/aromatic N) is 2. The number of carbonyl (C=O) groups is 1. The minimum Gasteiger partial charge on any atom is -0.497 e. The molecule has 4 nitrogen and oxygen atoms in total. The number of aromatic nitrogens is 1. The van der Waals surface area contributed by atoms with E-state index in [0.29, 0.717) is 12.4 Å². The molecule has 0 bridgehead atoms. The monoisotopic (exact) mass is 444 g/mol. The maximum Gasteiger partial charge on any atom is 0.255 e. The lowest BCUT2D eigenvalue weighted by Crippen LogP contribution is -2.30. The van der Waals surface area contributed by atoms with Crippen LogP contribution in [-0.2, 0) is 7.05 Å². The first-order valence-electron chi connectivity index (χ1n) is 10.8. The summed E-state index contributed by atoms with van der Waals surface area (Å²) < 4.78 is 7.74. The van der Waals surface area contributed by atoms with Crippen LogP contribution in [0.2, 0.25) is 0 Å². The molecule has 162 valence electrons. The van der Waals surface area contributed by atoms with Crippen LogP contribution < -0.4 is 4.74 Å². The van der Waals surface area contributed by atoms with Crippen LogP contribution in [0.4, 0.5) is 0 Å². The number of carbonyl (C=O) groups excluding carboxylic acids is 1. The first-order chi connectivity index (χ1) is 15.7. The average molecular weight is 445 g/mol. The van der Waals surface area contributed by atoms with E-state index >= 15 is 0 Å². The van der Waals surface area contributed by atoms with Crippen LogP contribution in [0, 0.1) is 0 Å². The molecule has 0 saturated heterocycles. The largest absolute Gasteiger partial charge is 0.497 e. The highest BCUT2D eigenvalue weighted by molar-refractivity contribution is 6.17. The summed E-state index contributed by atoms with van der Waals surface area (Å²) in [4.78, 5) is 15.4. The quantitative estimate of drug-likeness (QED) is 0.340. The molecule has 1 aromatic heterocycles. The molecular weight excluding hydrogens is 420 g/mol. The summed E-state index contributed by atoms with van der Waals surface area (Å²) in [5.74, 6) is 1.39. The van der Waals surface area contributed by atoms with E-state index in [1.165, 1.54) is 0 Å². The number of ether oxygens (including phenoxy) is 1. The van der Waals surface area contributed by atoms with Gasteiger partial charge < -0.3 is 14.2 Å². The fourth-order valence-electron chi connectivity index (χ4n) is 4.96. The Kier molecular flexibility index (Phi) is 5.40. The first-order valence-corrected chi connectivity index (χ1v) is 11.4. The van der Waals surface area contributed by atoms with Crippen molar-refractivity contribution in [3.8, 4) is 17.0 Å². The van der Waals surface area contributed by atoms with Crippen LogP contribution in [-0.4, -0.2) is 34.9 Å². The van der Waals surface area contributed by atoms with Gasteiger partial charge in [-0.1, -0.05) is 48.5 Å². The van der Waals surface area contributed by atoms with Gasteiger partial charge in [-0.2, -0.15) is 0 Å². The Bertz CT molecular complexity index is 1310. The van der Waals surface area contributed by atoms with Crippen molar-refractivity contribution in [2.24, 2.45) is 7.05 Å². The number of rotatable bonds is 6. The van der Waals surface area contributed by atoms with Crippen molar-refractivity contribution in [3.63, 3.8) is 0 Å². The second-order valence-electron chi connectivity index (χ2n) is 8.10. The van der Waals surface area contributed by atoms with Crippen LogP contribution in [0.25, 0.3) is 22.2 Å². The molecule has 1 aliphatic heterocycles. The molecule has 2 heterocycles. The van der Waals surface area contributed by atoms with Crippen molar-refractivity contribution in [2.45, 2.75) is 12.5 Å². The summed E-state index contributed by atoms with van der Waals surface area (Å²) in [6.45, 7) is 0.614. The van der Waals surface area contributed by atoms with Gasteiger partial charge in [0.2, 0.25) is 0 Å². The van der Waals surface area contributed by atoms with Gasteiger partial charge in [-0.15, -0.1) is 11.6 Å². The SMILES string of the molecule is COc1cccc(-c2c(C3c4ccccc4C(=O)N3CCCCl)c3ccccc3n2C)c1. The third-order valence-corrected chi connectivity index (χ3v) is 6.62. The molecule has 1 atom stereocenters. The molecular formula is C27H25ClN2O2. The van der Waals surface area contributed by atoms with Gasteiger partial charge in [0.25, 0.3) is 5.91 Å². The Morgan fingerprint density at radius 1 is 1.00 bits per heavy atom. The summed E-state index contributed by atoms with van der Waals surface area (Å²) >= 11 is 6.04. The highest BCUT2D eigenvalue weighted by Gasteiger charge is 2.40. The fourth-order valence-corrected chi connectivity index (χ4v) is 5.08. The smallest absolute Gasteiger partial charge is 0.255 e. The van der Waals surface area contributed by atoms with Crippen molar-refractivity contribution in [1.29, 1.82) is 0 Å². The predicted octanol–water partition coefficient (Wildman–Crippen LogP) is 6.03. The van der Waals surface area contributed by atoms with Crippen LogP contribution in [0.15, 0.2) is 72.8 Å². The van der Waals surface area contributed by atoms with E-state index in [4.69, 9.17) is 16.3 Å². The summed E-state index contributed by atoms with van der Waals surface area (Å²) in [5, 5.41) is 1.15. The van der Waals surface area contributed by atoms with Gasteiger partial charge in [-0.3, -0.25) is 4.79 Å². The van der Waals surface area contributed by atoms with E-state index in [9.17, 15) is 4.79 Å². The Morgan fingerprint density at radius 2 is 1.78 bits per heavy atom. The highest BCUT2D eigenvalue weighted by atomic mass is 35.5. The molecule has 5 rings (SSSR count). The second-order valence-corrected chi connectivity index (χ2v) is 8.48. The third kappa shape index (κ3) is 3.18. The predicted molar refractivity (Wildman–Crippen MR) is 130 cm³/mol. The van der Waals surface area contributed by atoms with E-state index in [-0.39, 0.29) is 11.9 Å². The van der Waals surface area contributed by atoms with Gasteiger partial charge in [0, 0.05) is 47.1 Å². The van der Waals surface area contributed by atoms with Crippen molar-refractivity contribution in [3.05, 3.63) is 89.5 Å². The molecule has 1 unspecified atom stereocenters. The lowest BCUT2D eigenvalue weighted by molar-refractivity contribution is 0.0751. The third-order valence-electron chi connectivity index (χ3n) is 6.35.